The Hall–Kier alpha value is -0.520. The molecule has 0 heterocycles. The molecular weight excluding hydrogens is 156 g/mol. The van der Waals surface area contributed by atoms with Crippen molar-refractivity contribution in [1.29, 1.82) is 0 Å². The van der Waals surface area contributed by atoms with E-state index in [2.05, 4.69) is 41.2 Å². The minimum Gasteiger partial charge on any atom is -0.103 e. The molecule has 0 aromatic carbocycles. The SMILES string of the molecule is C.C=CC[C@H](C(C)=C(C)C)C(C)C. The zero-order valence-corrected chi connectivity index (χ0v) is 9.15. The number of hydrogen-bond donors (Lipinski definition) is 0. The third-order valence-corrected chi connectivity index (χ3v) is 2.57. The zero-order chi connectivity index (χ0) is 9.72. The summed E-state index contributed by atoms with van der Waals surface area (Å²) in [4.78, 5) is 0. The molecule has 0 saturated heterocycles. The first-order valence-electron chi connectivity index (χ1n) is 4.75. The maximum absolute atomic E-state index is 3.80. The normalized spacial score (nSPS) is 11.8. The molecule has 0 saturated carbocycles. The molecule has 78 valence electrons. The third-order valence-electron chi connectivity index (χ3n) is 2.57. The number of hydrogen-bond acceptors (Lipinski definition) is 0. The average molecular weight is 182 g/mol. The lowest BCUT2D eigenvalue weighted by atomic mass is 9.84. The van der Waals surface area contributed by atoms with Crippen LogP contribution < -0.4 is 0 Å². The topological polar surface area (TPSA) is 0 Å². The summed E-state index contributed by atoms with van der Waals surface area (Å²) in [6.45, 7) is 15.0. The van der Waals surface area contributed by atoms with Gasteiger partial charge in [0.1, 0.15) is 0 Å². The molecule has 0 aliphatic carbocycles. The molecule has 1 atom stereocenters. The lowest BCUT2D eigenvalue weighted by Crippen LogP contribution is -2.10. The number of allylic oxidation sites excluding steroid dienone is 3. The molecule has 0 fully saturated rings. The van der Waals surface area contributed by atoms with Crippen LogP contribution in [0, 0.1) is 11.8 Å². The second-order valence-corrected chi connectivity index (χ2v) is 4.06. The van der Waals surface area contributed by atoms with Gasteiger partial charge in [0, 0.05) is 0 Å². The smallest absolute Gasteiger partial charge is 0.0146 e. The summed E-state index contributed by atoms with van der Waals surface area (Å²) in [5, 5.41) is 0. The van der Waals surface area contributed by atoms with Crippen LogP contribution in [0.25, 0.3) is 0 Å². The highest BCUT2D eigenvalue weighted by molar-refractivity contribution is 5.12. The molecule has 0 bridgehead atoms. The van der Waals surface area contributed by atoms with E-state index in [4.69, 9.17) is 0 Å². The Morgan fingerprint density at radius 2 is 1.69 bits per heavy atom. The van der Waals surface area contributed by atoms with Gasteiger partial charge < -0.3 is 0 Å². The van der Waals surface area contributed by atoms with Gasteiger partial charge in [0.15, 0.2) is 0 Å². The fraction of sp³-hybridized carbons (Fsp3) is 0.692. The monoisotopic (exact) mass is 182 g/mol. The highest BCUT2D eigenvalue weighted by Gasteiger charge is 2.13. The van der Waals surface area contributed by atoms with Gasteiger partial charge in [-0.15, -0.1) is 6.58 Å². The van der Waals surface area contributed by atoms with Gasteiger partial charge in [-0.1, -0.05) is 38.5 Å². The molecule has 0 rings (SSSR count). The van der Waals surface area contributed by atoms with Gasteiger partial charge in [-0.25, -0.2) is 0 Å². The molecule has 13 heavy (non-hydrogen) atoms. The largest absolute Gasteiger partial charge is 0.103 e. The van der Waals surface area contributed by atoms with Crippen LogP contribution in [0.4, 0.5) is 0 Å². The Morgan fingerprint density at radius 1 is 1.23 bits per heavy atom. The van der Waals surface area contributed by atoms with Crippen molar-refractivity contribution in [3.8, 4) is 0 Å². The lowest BCUT2D eigenvalue weighted by molar-refractivity contribution is 0.444. The second kappa shape index (κ2) is 6.94. The molecule has 0 N–H and O–H groups in total. The Balaban J connectivity index is 0. The van der Waals surface area contributed by atoms with Crippen LogP contribution in [-0.4, -0.2) is 0 Å². The minimum atomic E-state index is 0. The predicted octanol–water partition coefficient (Wildman–Crippen LogP) is 4.83. The summed E-state index contributed by atoms with van der Waals surface area (Å²) in [6, 6.07) is 0. The summed E-state index contributed by atoms with van der Waals surface area (Å²) in [5.41, 5.74) is 2.99. The predicted molar refractivity (Wildman–Crippen MR) is 63.9 cm³/mol. The highest BCUT2D eigenvalue weighted by atomic mass is 14.2. The van der Waals surface area contributed by atoms with Crippen molar-refractivity contribution >= 4 is 0 Å². The van der Waals surface area contributed by atoms with E-state index in [1.54, 1.807) is 0 Å². The van der Waals surface area contributed by atoms with E-state index in [9.17, 15) is 0 Å². The Kier molecular flexibility index (Phi) is 7.99. The van der Waals surface area contributed by atoms with Gasteiger partial charge >= 0.3 is 0 Å². The van der Waals surface area contributed by atoms with Gasteiger partial charge in [0.25, 0.3) is 0 Å². The van der Waals surface area contributed by atoms with Crippen molar-refractivity contribution < 1.29 is 0 Å². The fourth-order valence-electron chi connectivity index (χ4n) is 1.50. The molecule has 0 spiro atoms. The van der Waals surface area contributed by atoms with Crippen LogP contribution >= 0.6 is 0 Å². The van der Waals surface area contributed by atoms with E-state index in [1.165, 1.54) is 11.1 Å². The third kappa shape index (κ3) is 4.92. The quantitative estimate of drug-likeness (QED) is 0.546. The molecular formula is C13H26. The summed E-state index contributed by atoms with van der Waals surface area (Å²) in [5.74, 6) is 1.41. The van der Waals surface area contributed by atoms with Crippen LogP contribution in [0.15, 0.2) is 23.8 Å². The van der Waals surface area contributed by atoms with E-state index >= 15 is 0 Å². The Bertz CT molecular complexity index is 168. The molecule has 0 aliphatic rings. The minimum absolute atomic E-state index is 0. The van der Waals surface area contributed by atoms with E-state index < -0.39 is 0 Å². The highest BCUT2D eigenvalue weighted by Crippen LogP contribution is 2.26. The summed E-state index contributed by atoms with van der Waals surface area (Å²) >= 11 is 0. The van der Waals surface area contributed by atoms with Crippen LogP contribution in [0.3, 0.4) is 0 Å². The van der Waals surface area contributed by atoms with E-state index in [1.807, 2.05) is 6.08 Å². The van der Waals surface area contributed by atoms with Crippen molar-refractivity contribution in [2.75, 3.05) is 0 Å². The Morgan fingerprint density at radius 3 is 1.92 bits per heavy atom. The molecule has 0 radical (unpaired) electrons. The average Bonchev–Trinajstić information content (AvgIpc) is 1.98. The molecule has 0 unspecified atom stereocenters. The van der Waals surface area contributed by atoms with E-state index in [0.717, 1.165) is 12.3 Å². The summed E-state index contributed by atoms with van der Waals surface area (Å²) < 4.78 is 0. The molecule has 0 nitrogen and oxygen atoms in total. The van der Waals surface area contributed by atoms with Crippen LogP contribution in [0.1, 0.15) is 48.5 Å². The van der Waals surface area contributed by atoms with Crippen molar-refractivity contribution in [3.05, 3.63) is 23.8 Å². The Labute approximate surface area is 84.7 Å². The molecule has 0 aromatic heterocycles. The maximum atomic E-state index is 3.80. The van der Waals surface area contributed by atoms with Gasteiger partial charge in [-0.3, -0.25) is 0 Å². The van der Waals surface area contributed by atoms with Crippen molar-refractivity contribution in [1.82, 2.24) is 0 Å². The fourth-order valence-corrected chi connectivity index (χ4v) is 1.50. The molecule has 0 aliphatic heterocycles. The van der Waals surface area contributed by atoms with E-state index in [0.29, 0.717) is 5.92 Å². The molecule has 0 amide bonds. The van der Waals surface area contributed by atoms with Crippen molar-refractivity contribution in [3.63, 3.8) is 0 Å². The van der Waals surface area contributed by atoms with Crippen LogP contribution in [0.5, 0.6) is 0 Å². The first-order valence-corrected chi connectivity index (χ1v) is 4.75. The van der Waals surface area contributed by atoms with E-state index in [-0.39, 0.29) is 7.43 Å². The van der Waals surface area contributed by atoms with Crippen molar-refractivity contribution in [2.45, 2.75) is 48.5 Å². The van der Waals surface area contributed by atoms with Crippen molar-refractivity contribution in [2.24, 2.45) is 11.8 Å². The van der Waals surface area contributed by atoms with Crippen LogP contribution in [-0.2, 0) is 0 Å². The van der Waals surface area contributed by atoms with Crippen LogP contribution in [0.2, 0.25) is 0 Å². The summed E-state index contributed by atoms with van der Waals surface area (Å²) in [7, 11) is 0. The second-order valence-electron chi connectivity index (χ2n) is 4.06. The van der Waals surface area contributed by atoms with Gasteiger partial charge in [0.05, 0.1) is 0 Å². The summed E-state index contributed by atoms with van der Waals surface area (Å²) in [6.07, 6.45) is 3.13. The molecule has 0 heteroatoms. The number of rotatable bonds is 4. The van der Waals surface area contributed by atoms with Gasteiger partial charge in [0.2, 0.25) is 0 Å². The van der Waals surface area contributed by atoms with Gasteiger partial charge in [-0.2, -0.15) is 0 Å². The zero-order valence-electron chi connectivity index (χ0n) is 9.15. The molecule has 0 aromatic rings. The maximum Gasteiger partial charge on any atom is -0.0146 e. The first-order chi connectivity index (χ1) is 5.50. The lowest BCUT2D eigenvalue weighted by Gasteiger charge is -2.21. The first kappa shape index (κ1) is 15.0. The van der Waals surface area contributed by atoms with Gasteiger partial charge in [-0.05, 0) is 39.0 Å². The standard InChI is InChI=1S/C12H22.CH4/c1-7-8-12(10(4)5)11(6)9(2)3;/h7,10,12H,1,8H2,2-6H3;1H4/t12-;/m0./s1.